The van der Waals surface area contributed by atoms with Crippen molar-refractivity contribution in [3.05, 3.63) is 12.4 Å². The molecule has 0 atom stereocenters. The molecule has 1 heterocycles. The molecule has 0 unspecified atom stereocenters. The maximum absolute atomic E-state index is 12.0. The second-order valence-electron chi connectivity index (χ2n) is 5.82. The van der Waals surface area contributed by atoms with Crippen LogP contribution in [0.15, 0.2) is 12.4 Å². The smallest absolute Gasteiger partial charge is 0.303 e. The van der Waals surface area contributed by atoms with E-state index in [4.69, 9.17) is 5.11 Å². The zero-order chi connectivity index (χ0) is 15.1. The molecule has 1 amide bonds. The number of carboxylic acid groups (broad SMARTS) is 1. The Balaban J connectivity index is 1.71. The van der Waals surface area contributed by atoms with Crippen molar-refractivity contribution in [1.29, 1.82) is 0 Å². The van der Waals surface area contributed by atoms with Crippen molar-refractivity contribution < 1.29 is 14.7 Å². The van der Waals surface area contributed by atoms with Crippen LogP contribution in [0.2, 0.25) is 0 Å². The monoisotopic (exact) mass is 294 g/mol. The van der Waals surface area contributed by atoms with E-state index < -0.39 is 5.97 Å². The number of carbonyl (C=O) groups excluding carboxylic acids is 1. The number of carboxylic acids is 1. The summed E-state index contributed by atoms with van der Waals surface area (Å²) in [6.07, 6.45) is 8.32. The van der Waals surface area contributed by atoms with Crippen LogP contribution in [0.4, 0.5) is 0 Å². The predicted molar refractivity (Wildman–Crippen MR) is 75.4 cm³/mol. The SMILES string of the molecule is O=C(O)CC1(CC(=O)NCCCn2ccnn2)CCCC1. The van der Waals surface area contributed by atoms with Gasteiger partial charge in [0.05, 0.1) is 12.6 Å². The molecule has 116 valence electrons. The fourth-order valence-electron chi connectivity index (χ4n) is 3.09. The summed E-state index contributed by atoms with van der Waals surface area (Å²) in [6.45, 7) is 1.28. The summed E-state index contributed by atoms with van der Waals surface area (Å²) < 4.78 is 1.72. The fraction of sp³-hybridized carbons (Fsp3) is 0.714. The van der Waals surface area contributed by atoms with Crippen molar-refractivity contribution >= 4 is 11.9 Å². The van der Waals surface area contributed by atoms with E-state index in [0.717, 1.165) is 32.1 Å². The van der Waals surface area contributed by atoms with Crippen molar-refractivity contribution in [2.24, 2.45) is 5.41 Å². The van der Waals surface area contributed by atoms with E-state index in [2.05, 4.69) is 15.6 Å². The first-order valence-electron chi connectivity index (χ1n) is 7.42. The third kappa shape index (κ3) is 4.84. The highest BCUT2D eigenvalue weighted by atomic mass is 16.4. The van der Waals surface area contributed by atoms with Crippen LogP contribution in [-0.4, -0.2) is 38.5 Å². The quantitative estimate of drug-likeness (QED) is 0.702. The third-order valence-corrected chi connectivity index (χ3v) is 4.08. The van der Waals surface area contributed by atoms with Gasteiger partial charge < -0.3 is 10.4 Å². The number of hydrogen-bond acceptors (Lipinski definition) is 4. The van der Waals surface area contributed by atoms with Gasteiger partial charge in [0.1, 0.15) is 0 Å². The maximum Gasteiger partial charge on any atom is 0.303 e. The van der Waals surface area contributed by atoms with Gasteiger partial charge in [0.25, 0.3) is 0 Å². The van der Waals surface area contributed by atoms with Gasteiger partial charge in [-0.2, -0.15) is 0 Å². The van der Waals surface area contributed by atoms with Gasteiger partial charge in [-0.3, -0.25) is 14.3 Å². The highest BCUT2D eigenvalue weighted by Gasteiger charge is 2.37. The Kier molecular flexibility index (Phi) is 5.30. The zero-order valence-corrected chi connectivity index (χ0v) is 12.1. The Bertz CT molecular complexity index is 467. The Hall–Kier alpha value is -1.92. The normalized spacial score (nSPS) is 16.8. The first-order chi connectivity index (χ1) is 10.1. The summed E-state index contributed by atoms with van der Waals surface area (Å²) in [5.74, 6) is -0.854. The molecule has 0 aliphatic heterocycles. The number of aryl methyl sites for hydroxylation is 1. The summed E-state index contributed by atoms with van der Waals surface area (Å²) >= 11 is 0. The van der Waals surface area contributed by atoms with E-state index in [1.807, 2.05) is 0 Å². The Morgan fingerprint density at radius 3 is 2.67 bits per heavy atom. The number of nitrogens with zero attached hydrogens (tertiary/aromatic N) is 3. The van der Waals surface area contributed by atoms with E-state index in [1.165, 1.54) is 0 Å². The van der Waals surface area contributed by atoms with Gasteiger partial charge in [-0.15, -0.1) is 5.10 Å². The third-order valence-electron chi connectivity index (χ3n) is 4.08. The van der Waals surface area contributed by atoms with Gasteiger partial charge in [0.15, 0.2) is 0 Å². The minimum Gasteiger partial charge on any atom is -0.481 e. The lowest BCUT2D eigenvalue weighted by molar-refractivity contribution is -0.140. The molecule has 0 spiro atoms. The average molecular weight is 294 g/mol. The van der Waals surface area contributed by atoms with Crippen LogP contribution in [-0.2, 0) is 16.1 Å². The van der Waals surface area contributed by atoms with Crippen molar-refractivity contribution in [3.63, 3.8) is 0 Å². The van der Waals surface area contributed by atoms with Crippen LogP contribution in [0, 0.1) is 5.41 Å². The largest absolute Gasteiger partial charge is 0.481 e. The molecule has 0 aromatic carbocycles. The standard InChI is InChI=1S/C14H22N4O3/c19-12(15-6-3-8-18-9-7-16-17-18)10-14(11-13(20)21)4-1-2-5-14/h7,9H,1-6,8,10-11H2,(H,15,19)(H,20,21). The lowest BCUT2D eigenvalue weighted by Crippen LogP contribution is -2.32. The highest BCUT2D eigenvalue weighted by molar-refractivity contribution is 5.78. The van der Waals surface area contributed by atoms with E-state index >= 15 is 0 Å². The zero-order valence-electron chi connectivity index (χ0n) is 12.1. The molecule has 1 aromatic rings. The van der Waals surface area contributed by atoms with Gasteiger partial charge in [-0.1, -0.05) is 18.1 Å². The number of aromatic nitrogens is 3. The molecule has 7 nitrogen and oxygen atoms in total. The minimum atomic E-state index is -0.809. The molecule has 1 aliphatic carbocycles. The predicted octanol–water partition coefficient (Wildman–Crippen LogP) is 1.21. The highest BCUT2D eigenvalue weighted by Crippen LogP contribution is 2.43. The van der Waals surface area contributed by atoms with Gasteiger partial charge in [0.2, 0.25) is 5.91 Å². The first-order valence-corrected chi connectivity index (χ1v) is 7.42. The summed E-state index contributed by atoms with van der Waals surface area (Å²) in [4.78, 5) is 23.0. The number of amides is 1. The van der Waals surface area contributed by atoms with Crippen LogP contribution in [0.3, 0.4) is 0 Å². The molecule has 0 saturated heterocycles. The summed E-state index contributed by atoms with van der Waals surface area (Å²) in [7, 11) is 0. The number of hydrogen-bond donors (Lipinski definition) is 2. The van der Waals surface area contributed by atoms with Crippen LogP contribution < -0.4 is 5.32 Å². The van der Waals surface area contributed by atoms with Crippen LogP contribution in [0.1, 0.15) is 44.9 Å². The lowest BCUT2D eigenvalue weighted by Gasteiger charge is -2.26. The summed E-state index contributed by atoms with van der Waals surface area (Å²) in [5.41, 5.74) is -0.332. The molecule has 0 radical (unpaired) electrons. The molecular formula is C14H22N4O3. The average Bonchev–Trinajstić information content (AvgIpc) is 3.06. The van der Waals surface area contributed by atoms with E-state index in [1.54, 1.807) is 17.1 Å². The van der Waals surface area contributed by atoms with Gasteiger partial charge >= 0.3 is 5.97 Å². The molecule has 1 saturated carbocycles. The molecule has 7 heteroatoms. The second kappa shape index (κ2) is 7.19. The number of rotatable bonds is 8. The van der Waals surface area contributed by atoms with Gasteiger partial charge in [-0.05, 0) is 24.7 Å². The van der Waals surface area contributed by atoms with Crippen LogP contribution in [0.25, 0.3) is 0 Å². The molecule has 1 aromatic heterocycles. The molecule has 21 heavy (non-hydrogen) atoms. The lowest BCUT2D eigenvalue weighted by atomic mass is 9.79. The summed E-state index contributed by atoms with van der Waals surface area (Å²) in [6, 6.07) is 0. The molecule has 1 aliphatic rings. The Labute approximate surface area is 123 Å². The van der Waals surface area contributed by atoms with E-state index in [-0.39, 0.29) is 17.7 Å². The van der Waals surface area contributed by atoms with E-state index in [9.17, 15) is 9.59 Å². The van der Waals surface area contributed by atoms with Crippen molar-refractivity contribution in [2.45, 2.75) is 51.5 Å². The second-order valence-corrected chi connectivity index (χ2v) is 5.82. The molecule has 1 fully saturated rings. The van der Waals surface area contributed by atoms with Gasteiger partial charge in [0, 0.05) is 25.7 Å². The Morgan fingerprint density at radius 2 is 2.05 bits per heavy atom. The topological polar surface area (TPSA) is 97.1 Å². The molecule has 2 rings (SSSR count). The van der Waals surface area contributed by atoms with Crippen molar-refractivity contribution in [2.75, 3.05) is 6.54 Å². The van der Waals surface area contributed by atoms with Gasteiger partial charge in [-0.25, -0.2) is 0 Å². The molecule has 2 N–H and O–H groups in total. The van der Waals surface area contributed by atoms with Crippen LogP contribution in [0.5, 0.6) is 0 Å². The Morgan fingerprint density at radius 1 is 1.29 bits per heavy atom. The fourth-order valence-corrected chi connectivity index (χ4v) is 3.09. The maximum atomic E-state index is 12.0. The van der Waals surface area contributed by atoms with E-state index in [0.29, 0.717) is 19.5 Å². The molecule has 0 bridgehead atoms. The minimum absolute atomic E-state index is 0.0447. The number of carbonyl (C=O) groups is 2. The number of nitrogens with one attached hydrogen (secondary N) is 1. The molecular weight excluding hydrogens is 272 g/mol. The van der Waals surface area contributed by atoms with Crippen LogP contribution >= 0.6 is 0 Å². The van der Waals surface area contributed by atoms with Crippen molar-refractivity contribution in [3.8, 4) is 0 Å². The summed E-state index contributed by atoms with van der Waals surface area (Å²) in [5, 5.41) is 19.5. The number of aliphatic carboxylic acids is 1. The first kappa shape index (κ1) is 15.5. The van der Waals surface area contributed by atoms with Crippen molar-refractivity contribution in [1.82, 2.24) is 20.3 Å².